The van der Waals surface area contributed by atoms with Gasteiger partial charge in [-0.2, -0.15) is 4.31 Å². The highest BCUT2D eigenvalue weighted by Gasteiger charge is 2.34. The number of likely N-dealkylation sites (N-methyl/N-ethyl adjacent to an activating group) is 1. The molecule has 0 aromatic carbocycles. The van der Waals surface area contributed by atoms with Crippen molar-refractivity contribution in [3.8, 4) is 0 Å². The first-order chi connectivity index (χ1) is 9.34. The molecule has 2 heterocycles. The second-order valence-electron chi connectivity index (χ2n) is 5.00. The van der Waals surface area contributed by atoms with E-state index >= 15 is 0 Å². The molecule has 1 fully saturated rings. The lowest BCUT2D eigenvalue weighted by atomic mass is 10.3. The van der Waals surface area contributed by atoms with Crippen molar-refractivity contribution in [2.75, 3.05) is 26.7 Å². The molecule has 1 saturated heterocycles. The normalized spacial score (nSPS) is 22.6. The maximum absolute atomic E-state index is 12.7. The molecule has 1 aromatic heterocycles. The minimum Gasteiger partial charge on any atom is -0.477 e. The Labute approximate surface area is 122 Å². The van der Waals surface area contributed by atoms with Gasteiger partial charge in [-0.1, -0.05) is 0 Å². The zero-order valence-corrected chi connectivity index (χ0v) is 13.1. The molecule has 112 valence electrons. The molecule has 0 bridgehead atoms. The highest BCUT2D eigenvalue weighted by molar-refractivity contribution is 7.89. The Morgan fingerprint density at radius 3 is 2.80 bits per heavy atom. The van der Waals surface area contributed by atoms with Crippen LogP contribution in [0.4, 0.5) is 0 Å². The summed E-state index contributed by atoms with van der Waals surface area (Å²) in [4.78, 5) is 13.0. The predicted octanol–water partition coefficient (Wildman–Crippen LogP) is 1.16. The SMILES string of the molecule is CC1CN(C)CCCN1S(=O)(=O)c1ccsc1C(=O)O. The van der Waals surface area contributed by atoms with E-state index in [9.17, 15) is 13.2 Å². The molecule has 1 N–H and O–H groups in total. The molecule has 1 unspecified atom stereocenters. The lowest BCUT2D eigenvalue weighted by Gasteiger charge is -2.27. The van der Waals surface area contributed by atoms with Gasteiger partial charge in [-0.05, 0) is 38.4 Å². The maximum Gasteiger partial charge on any atom is 0.347 e. The molecule has 1 aliphatic rings. The van der Waals surface area contributed by atoms with Crippen molar-refractivity contribution in [1.82, 2.24) is 9.21 Å². The lowest BCUT2D eigenvalue weighted by molar-refractivity contribution is 0.0698. The highest BCUT2D eigenvalue weighted by atomic mass is 32.2. The Bertz CT molecular complexity index is 596. The van der Waals surface area contributed by atoms with Gasteiger partial charge in [0.05, 0.1) is 0 Å². The smallest absolute Gasteiger partial charge is 0.347 e. The molecule has 0 spiro atoms. The van der Waals surface area contributed by atoms with Crippen LogP contribution in [0.2, 0.25) is 0 Å². The Hall–Kier alpha value is -0.960. The van der Waals surface area contributed by atoms with Crippen LogP contribution in [0.5, 0.6) is 0 Å². The summed E-state index contributed by atoms with van der Waals surface area (Å²) >= 11 is 0.940. The molecule has 0 aliphatic carbocycles. The van der Waals surface area contributed by atoms with E-state index in [2.05, 4.69) is 4.90 Å². The van der Waals surface area contributed by atoms with Gasteiger partial charge in [0, 0.05) is 19.1 Å². The van der Waals surface area contributed by atoms with Gasteiger partial charge in [-0.25, -0.2) is 13.2 Å². The summed E-state index contributed by atoms with van der Waals surface area (Å²) in [7, 11) is -1.80. The molecule has 0 amide bonds. The highest BCUT2D eigenvalue weighted by Crippen LogP contribution is 2.27. The van der Waals surface area contributed by atoms with Crippen molar-refractivity contribution < 1.29 is 18.3 Å². The first kappa shape index (κ1) is 15.4. The van der Waals surface area contributed by atoms with Crippen LogP contribution in [-0.4, -0.2) is 61.4 Å². The van der Waals surface area contributed by atoms with Crippen molar-refractivity contribution in [3.05, 3.63) is 16.3 Å². The van der Waals surface area contributed by atoms with Crippen LogP contribution in [0, 0.1) is 0 Å². The second kappa shape index (κ2) is 5.80. The number of carboxylic acids is 1. The summed E-state index contributed by atoms with van der Waals surface area (Å²) in [6.45, 7) is 3.76. The van der Waals surface area contributed by atoms with Gasteiger partial charge in [0.15, 0.2) is 0 Å². The van der Waals surface area contributed by atoms with E-state index in [0.29, 0.717) is 13.1 Å². The molecule has 6 nitrogen and oxygen atoms in total. The zero-order valence-electron chi connectivity index (χ0n) is 11.4. The van der Waals surface area contributed by atoms with Crippen molar-refractivity contribution in [1.29, 1.82) is 0 Å². The van der Waals surface area contributed by atoms with Gasteiger partial charge in [0.25, 0.3) is 0 Å². The van der Waals surface area contributed by atoms with Crippen molar-refractivity contribution >= 4 is 27.3 Å². The minimum absolute atomic E-state index is 0.0913. The van der Waals surface area contributed by atoms with Gasteiger partial charge in [-0.15, -0.1) is 11.3 Å². The molecule has 0 radical (unpaired) electrons. The largest absolute Gasteiger partial charge is 0.477 e. The third-order valence-corrected chi connectivity index (χ3v) is 6.48. The number of rotatable bonds is 3. The van der Waals surface area contributed by atoms with Crippen LogP contribution >= 0.6 is 11.3 Å². The number of carboxylic acid groups (broad SMARTS) is 1. The topological polar surface area (TPSA) is 77.9 Å². The molecular weight excluding hydrogens is 300 g/mol. The fraction of sp³-hybridized carbons (Fsp3) is 0.583. The molecule has 0 saturated carbocycles. The van der Waals surface area contributed by atoms with Crippen molar-refractivity contribution in [3.63, 3.8) is 0 Å². The van der Waals surface area contributed by atoms with Gasteiger partial charge in [0.2, 0.25) is 10.0 Å². The van der Waals surface area contributed by atoms with E-state index in [0.717, 1.165) is 24.3 Å². The van der Waals surface area contributed by atoms with Crippen molar-refractivity contribution in [2.45, 2.75) is 24.3 Å². The summed E-state index contributed by atoms with van der Waals surface area (Å²) in [5.74, 6) is -1.20. The van der Waals surface area contributed by atoms with E-state index in [1.165, 1.54) is 15.8 Å². The molecule has 1 atom stereocenters. The zero-order chi connectivity index (χ0) is 14.9. The minimum atomic E-state index is -3.75. The summed E-state index contributed by atoms with van der Waals surface area (Å²) < 4.78 is 26.8. The predicted molar refractivity (Wildman–Crippen MR) is 76.7 cm³/mol. The van der Waals surface area contributed by atoms with Crippen LogP contribution in [0.15, 0.2) is 16.3 Å². The van der Waals surface area contributed by atoms with Crippen LogP contribution in [0.25, 0.3) is 0 Å². The van der Waals surface area contributed by atoms with E-state index in [-0.39, 0.29) is 15.8 Å². The quantitative estimate of drug-likeness (QED) is 0.905. The summed E-state index contributed by atoms with van der Waals surface area (Å²) in [6, 6.07) is 1.21. The van der Waals surface area contributed by atoms with Crippen LogP contribution < -0.4 is 0 Å². The molecule has 20 heavy (non-hydrogen) atoms. The average Bonchev–Trinajstić information content (AvgIpc) is 2.77. The maximum atomic E-state index is 12.7. The Morgan fingerprint density at radius 1 is 1.45 bits per heavy atom. The summed E-state index contributed by atoms with van der Waals surface area (Å²) in [5.41, 5.74) is 0. The third kappa shape index (κ3) is 2.88. The number of hydrogen-bond donors (Lipinski definition) is 1. The van der Waals surface area contributed by atoms with E-state index in [4.69, 9.17) is 5.11 Å². The van der Waals surface area contributed by atoms with E-state index in [1.54, 1.807) is 0 Å². The number of thiophene rings is 1. The number of aromatic carboxylic acids is 1. The van der Waals surface area contributed by atoms with Gasteiger partial charge >= 0.3 is 5.97 Å². The first-order valence-electron chi connectivity index (χ1n) is 6.35. The molecule has 1 aromatic rings. The van der Waals surface area contributed by atoms with Crippen LogP contribution in [-0.2, 0) is 10.0 Å². The summed E-state index contributed by atoms with van der Waals surface area (Å²) in [5, 5.41) is 10.6. The first-order valence-corrected chi connectivity index (χ1v) is 8.67. The lowest BCUT2D eigenvalue weighted by Crippen LogP contribution is -2.42. The van der Waals surface area contributed by atoms with E-state index < -0.39 is 16.0 Å². The third-order valence-electron chi connectivity index (χ3n) is 3.40. The van der Waals surface area contributed by atoms with Crippen molar-refractivity contribution in [2.24, 2.45) is 0 Å². The second-order valence-corrected chi connectivity index (χ2v) is 7.77. The van der Waals surface area contributed by atoms with Gasteiger partial charge in [-0.3, -0.25) is 0 Å². The number of sulfonamides is 1. The Kier molecular flexibility index (Phi) is 4.48. The monoisotopic (exact) mass is 318 g/mol. The average molecular weight is 318 g/mol. The van der Waals surface area contributed by atoms with Gasteiger partial charge in [0.1, 0.15) is 9.77 Å². The Balaban J connectivity index is 2.38. The molecular formula is C12H18N2O4S2. The number of carbonyl (C=O) groups is 1. The molecule has 8 heteroatoms. The number of nitrogens with zero attached hydrogens (tertiary/aromatic N) is 2. The Morgan fingerprint density at radius 2 is 2.15 bits per heavy atom. The van der Waals surface area contributed by atoms with Crippen LogP contribution in [0.3, 0.4) is 0 Å². The van der Waals surface area contributed by atoms with Gasteiger partial charge < -0.3 is 10.0 Å². The standard InChI is InChI=1S/C12H18N2O4S2/c1-9-8-13(2)5-3-6-14(9)20(17,18)10-4-7-19-11(10)12(15)16/h4,7,9H,3,5-6,8H2,1-2H3,(H,15,16). The number of hydrogen-bond acceptors (Lipinski definition) is 5. The fourth-order valence-electron chi connectivity index (χ4n) is 2.49. The fourth-order valence-corrected chi connectivity index (χ4v) is 5.39. The van der Waals surface area contributed by atoms with Crippen LogP contribution in [0.1, 0.15) is 23.0 Å². The van der Waals surface area contributed by atoms with E-state index in [1.807, 2.05) is 14.0 Å². The molecule has 2 rings (SSSR count). The molecule has 1 aliphatic heterocycles. The summed E-state index contributed by atoms with van der Waals surface area (Å²) in [6.07, 6.45) is 0.743.